The van der Waals surface area contributed by atoms with E-state index in [1.807, 2.05) is 0 Å². The van der Waals surface area contributed by atoms with Gasteiger partial charge in [-0.25, -0.2) is 0 Å². The summed E-state index contributed by atoms with van der Waals surface area (Å²) in [5.41, 5.74) is 2.79. The van der Waals surface area contributed by atoms with Gasteiger partial charge in [0.15, 0.2) is 0 Å². The summed E-state index contributed by atoms with van der Waals surface area (Å²) in [6.07, 6.45) is 3.16. The van der Waals surface area contributed by atoms with E-state index in [-0.39, 0.29) is 6.42 Å². The fraction of sp³-hybridized carbons (Fsp3) is 0.750. The van der Waals surface area contributed by atoms with Crippen LogP contribution in [0.5, 0.6) is 0 Å². The first kappa shape index (κ1) is 13.2. The maximum atomic E-state index is 10.5. The number of hydrogen-bond donors (Lipinski definition) is 1. The molecule has 0 radical (unpaired) electrons. The zero-order valence-electron chi connectivity index (χ0n) is 9.76. The fourth-order valence-corrected chi connectivity index (χ4v) is 1.65. The maximum Gasteiger partial charge on any atom is 0.303 e. The second-order valence-corrected chi connectivity index (χ2v) is 3.85. The highest BCUT2D eigenvalue weighted by Crippen LogP contribution is 2.24. The van der Waals surface area contributed by atoms with Crippen LogP contribution in [0.2, 0.25) is 0 Å². The monoisotopic (exact) mass is 198 g/mol. The lowest BCUT2D eigenvalue weighted by atomic mass is 9.89. The number of hydrogen-bond acceptors (Lipinski definition) is 1. The van der Waals surface area contributed by atoms with Crippen LogP contribution < -0.4 is 0 Å². The van der Waals surface area contributed by atoms with Crippen molar-refractivity contribution in [1.82, 2.24) is 0 Å². The summed E-state index contributed by atoms with van der Waals surface area (Å²) in [4.78, 5) is 10.5. The minimum Gasteiger partial charge on any atom is -0.481 e. The van der Waals surface area contributed by atoms with Gasteiger partial charge in [-0.1, -0.05) is 25.0 Å². The minimum absolute atomic E-state index is 0.285. The van der Waals surface area contributed by atoms with Crippen LogP contribution in [0.1, 0.15) is 53.4 Å². The van der Waals surface area contributed by atoms with Crippen LogP contribution in [0, 0.1) is 5.92 Å². The van der Waals surface area contributed by atoms with Gasteiger partial charge in [-0.05, 0) is 39.0 Å². The predicted octanol–water partition coefficient (Wildman–Crippen LogP) is 3.62. The van der Waals surface area contributed by atoms with E-state index in [0.717, 1.165) is 19.3 Å². The average molecular weight is 198 g/mol. The van der Waals surface area contributed by atoms with Crippen molar-refractivity contribution in [2.45, 2.75) is 53.4 Å². The first-order valence-electron chi connectivity index (χ1n) is 5.40. The Balaban J connectivity index is 4.33. The number of carboxylic acid groups (broad SMARTS) is 1. The van der Waals surface area contributed by atoms with Gasteiger partial charge in [0, 0.05) is 6.42 Å². The Labute approximate surface area is 87.0 Å². The van der Waals surface area contributed by atoms with Crippen LogP contribution in [0.15, 0.2) is 11.1 Å². The van der Waals surface area contributed by atoms with Crippen molar-refractivity contribution in [3.63, 3.8) is 0 Å². The third kappa shape index (κ3) is 4.45. The Morgan fingerprint density at radius 1 is 1.29 bits per heavy atom. The van der Waals surface area contributed by atoms with Crippen molar-refractivity contribution in [2.24, 2.45) is 5.92 Å². The molecule has 1 unspecified atom stereocenters. The molecule has 0 fully saturated rings. The lowest BCUT2D eigenvalue weighted by Gasteiger charge is -2.17. The van der Waals surface area contributed by atoms with Gasteiger partial charge >= 0.3 is 5.97 Å². The van der Waals surface area contributed by atoms with Crippen LogP contribution in [0.3, 0.4) is 0 Å². The zero-order chi connectivity index (χ0) is 11.1. The molecule has 0 aromatic carbocycles. The Kier molecular flexibility index (Phi) is 6.26. The molecule has 1 N–H and O–H groups in total. The van der Waals surface area contributed by atoms with Gasteiger partial charge in [-0.15, -0.1) is 0 Å². The number of carboxylic acids is 1. The Hall–Kier alpha value is -0.790. The molecule has 2 heteroatoms. The van der Waals surface area contributed by atoms with E-state index in [9.17, 15) is 4.79 Å². The number of aliphatic carboxylic acids is 1. The van der Waals surface area contributed by atoms with Gasteiger partial charge in [0.25, 0.3) is 0 Å². The largest absolute Gasteiger partial charge is 0.481 e. The molecule has 0 amide bonds. The highest BCUT2D eigenvalue weighted by Gasteiger charge is 2.12. The van der Waals surface area contributed by atoms with Gasteiger partial charge in [-0.3, -0.25) is 4.79 Å². The molecule has 1 atom stereocenters. The van der Waals surface area contributed by atoms with Crippen molar-refractivity contribution < 1.29 is 9.90 Å². The quantitative estimate of drug-likeness (QED) is 0.662. The second kappa shape index (κ2) is 6.63. The highest BCUT2D eigenvalue weighted by molar-refractivity contribution is 5.66. The molecule has 0 aliphatic carbocycles. The van der Waals surface area contributed by atoms with Gasteiger partial charge in [0.2, 0.25) is 0 Å². The van der Waals surface area contributed by atoms with Crippen molar-refractivity contribution in [2.75, 3.05) is 0 Å². The molecular formula is C12H22O2. The summed E-state index contributed by atoms with van der Waals surface area (Å²) >= 11 is 0. The Morgan fingerprint density at radius 2 is 1.86 bits per heavy atom. The molecular weight excluding hydrogens is 176 g/mol. The first-order valence-corrected chi connectivity index (χ1v) is 5.40. The molecule has 0 spiro atoms. The normalized spacial score (nSPS) is 14.9. The molecule has 14 heavy (non-hydrogen) atoms. The molecule has 82 valence electrons. The van der Waals surface area contributed by atoms with E-state index in [2.05, 4.69) is 27.7 Å². The molecule has 0 aromatic rings. The summed E-state index contributed by atoms with van der Waals surface area (Å²) in [6, 6.07) is 0. The second-order valence-electron chi connectivity index (χ2n) is 3.85. The summed E-state index contributed by atoms with van der Waals surface area (Å²) in [6.45, 7) is 8.54. The fourth-order valence-electron chi connectivity index (χ4n) is 1.65. The SMILES string of the molecule is CC/C(C)=C(\C)C(CC)CCC(=O)O. The van der Waals surface area contributed by atoms with Crippen molar-refractivity contribution in [3.8, 4) is 0 Å². The lowest BCUT2D eigenvalue weighted by Crippen LogP contribution is -2.06. The summed E-state index contributed by atoms with van der Waals surface area (Å²) < 4.78 is 0. The molecule has 0 rings (SSSR count). The molecule has 0 saturated carbocycles. The van der Waals surface area contributed by atoms with Crippen LogP contribution in [-0.4, -0.2) is 11.1 Å². The highest BCUT2D eigenvalue weighted by atomic mass is 16.4. The summed E-state index contributed by atoms with van der Waals surface area (Å²) in [7, 11) is 0. The average Bonchev–Trinajstić information content (AvgIpc) is 2.16. The van der Waals surface area contributed by atoms with Gasteiger partial charge in [0.1, 0.15) is 0 Å². The molecule has 0 bridgehead atoms. The lowest BCUT2D eigenvalue weighted by molar-refractivity contribution is -0.137. The molecule has 0 aliphatic rings. The van der Waals surface area contributed by atoms with E-state index in [0.29, 0.717) is 5.92 Å². The third-order valence-electron chi connectivity index (χ3n) is 3.02. The summed E-state index contributed by atoms with van der Waals surface area (Å²) in [5, 5.41) is 8.62. The molecule has 0 aliphatic heterocycles. The van der Waals surface area contributed by atoms with Gasteiger partial charge < -0.3 is 5.11 Å². The Bertz CT molecular complexity index is 216. The predicted molar refractivity (Wildman–Crippen MR) is 59.3 cm³/mol. The van der Waals surface area contributed by atoms with Crippen LogP contribution in [0.25, 0.3) is 0 Å². The van der Waals surface area contributed by atoms with E-state index < -0.39 is 5.97 Å². The van der Waals surface area contributed by atoms with Crippen LogP contribution >= 0.6 is 0 Å². The van der Waals surface area contributed by atoms with E-state index in [4.69, 9.17) is 5.11 Å². The van der Waals surface area contributed by atoms with E-state index >= 15 is 0 Å². The maximum absolute atomic E-state index is 10.5. The molecule has 0 heterocycles. The topological polar surface area (TPSA) is 37.3 Å². The third-order valence-corrected chi connectivity index (χ3v) is 3.02. The van der Waals surface area contributed by atoms with Gasteiger partial charge in [0.05, 0.1) is 0 Å². The van der Waals surface area contributed by atoms with Crippen molar-refractivity contribution >= 4 is 5.97 Å². The summed E-state index contributed by atoms with van der Waals surface area (Å²) in [5.74, 6) is -0.239. The number of carbonyl (C=O) groups is 1. The molecule has 0 aromatic heterocycles. The zero-order valence-corrected chi connectivity index (χ0v) is 9.76. The molecule has 0 saturated heterocycles. The van der Waals surface area contributed by atoms with Crippen molar-refractivity contribution in [3.05, 3.63) is 11.1 Å². The smallest absolute Gasteiger partial charge is 0.303 e. The van der Waals surface area contributed by atoms with E-state index in [1.54, 1.807) is 0 Å². The first-order chi connectivity index (χ1) is 6.52. The standard InChI is InChI=1S/C12H22O2/c1-5-9(3)10(4)11(6-2)7-8-12(13)14/h11H,5-8H2,1-4H3,(H,13,14)/b10-9+. The van der Waals surface area contributed by atoms with Crippen molar-refractivity contribution in [1.29, 1.82) is 0 Å². The van der Waals surface area contributed by atoms with Gasteiger partial charge in [-0.2, -0.15) is 0 Å². The number of allylic oxidation sites excluding steroid dienone is 2. The number of rotatable bonds is 6. The Morgan fingerprint density at radius 3 is 2.21 bits per heavy atom. The minimum atomic E-state index is -0.689. The van der Waals surface area contributed by atoms with Crippen LogP contribution in [-0.2, 0) is 4.79 Å². The van der Waals surface area contributed by atoms with Crippen LogP contribution in [0.4, 0.5) is 0 Å². The molecule has 2 nitrogen and oxygen atoms in total. The van der Waals surface area contributed by atoms with E-state index in [1.165, 1.54) is 11.1 Å².